The molecule has 1 aliphatic heterocycles. The molecule has 1 N–H and O–H groups in total. The zero-order valence-electron chi connectivity index (χ0n) is 13.2. The van der Waals surface area contributed by atoms with Gasteiger partial charge in [-0.25, -0.2) is 0 Å². The van der Waals surface area contributed by atoms with Gasteiger partial charge in [-0.3, -0.25) is 14.5 Å². The molecular formula is C16H25N3O2S. The van der Waals surface area contributed by atoms with Gasteiger partial charge in [0, 0.05) is 56.6 Å². The molecule has 1 aliphatic rings. The third-order valence-corrected chi connectivity index (χ3v) is 4.65. The van der Waals surface area contributed by atoms with Crippen molar-refractivity contribution in [3.8, 4) is 0 Å². The molecule has 1 aromatic heterocycles. The standard InChI is InChI=1S/C16H25N3O2S/c1-2-3-4-15(20)19-10-8-18(9-11-19)7-6-17-16(21)14-5-12-22-13-14/h5,12-13H,2-4,6-11H2,1H3,(H,17,21). The predicted octanol–water partition coefficient (Wildman–Crippen LogP) is 1.81. The summed E-state index contributed by atoms with van der Waals surface area (Å²) >= 11 is 1.53. The first-order valence-electron chi connectivity index (χ1n) is 8.01. The smallest absolute Gasteiger partial charge is 0.252 e. The molecule has 0 bridgehead atoms. The van der Waals surface area contributed by atoms with Crippen LogP contribution < -0.4 is 5.32 Å². The van der Waals surface area contributed by atoms with Crippen LogP contribution in [0.25, 0.3) is 0 Å². The zero-order valence-corrected chi connectivity index (χ0v) is 14.0. The highest BCUT2D eigenvalue weighted by Gasteiger charge is 2.20. The van der Waals surface area contributed by atoms with Crippen LogP contribution in [0.15, 0.2) is 16.8 Å². The van der Waals surface area contributed by atoms with E-state index in [4.69, 9.17) is 0 Å². The molecule has 0 radical (unpaired) electrons. The molecule has 1 aromatic rings. The van der Waals surface area contributed by atoms with Gasteiger partial charge in [0.1, 0.15) is 0 Å². The largest absolute Gasteiger partial charge is 0.351 e. The van der Waals surface area contributed by atoms with Crippen LogP contribution in [-0.2, 0) is 4.79 Å². The average molecular weight is 323 g/mol. The number of carbonyl (C=O) groups excluding carboxylic acids is 2. The molecule has 2 rings (SSSR count). The third-order valence-electron chi connectivity index (χ3n) is 3.97. The quantitative estimate of drug-likeness (QED) is 0.833. The van der Waals surface area contributed by atoms with E-state index in [9.17, 15) is 9.59 Å². The Balaban J connectivity index is 1.61. The van der Waals surface area contributed by atoms with Crippen molar-refractivity contribution in [2.45, 2.75) is 26.2 Å². The fraction of sp³-hybridized carbons (Fsp3) is 0.625. The third kappa shape index (κ3) is 5.10. The number of nitrogens with zero attached hydrogens (tertiary/aromatic N) is 2. The Kier molecular flexibility index (Phi) is 6.86. The molecule has 2 heterocycles. The van der Waals surface area contributed by atoms with Crippen molar-refractivity contribution < 1.29 is 9.59 Å². The average Bonchev–Trinajstić information content (AvgIpc) is 3.07. The van der Waals surface area contributed by atoms with Crippen LogP contribution in [0.2, 0.25) is 0 Å². The van der Waals surface area contributed by atoms with E-state index in [1.807, 2.05) is 21.7 Å². The van der Waals surface area contributed by atoms with E-state index in [2.05, 4.69) is 17.1 Å². The summed E-state index contributed by atoms with van der Waals surface area (Å²) in [6, 6.07) is 1.83. The van der Waals surface area contributed by atoms with Crippen molar-refractivity contribution in [1.29, 1.82) is 0 Å². The van der Waals surface area contributed by atoms with E-state index in [0.29, 0.717) is 13.0 Å². The van der Waals surface area contributed by atoms with Gasteiger partial charge in [-0.2, -0.15) is 11.3 Å². The Labute approximate surface area is 136 Å². The summed E-state index contributed by atoms with van der Waals surface area (Å²) in [6.07, 6.45) is 2.72. The molecule has 2 amide bonds. The lowest BCUT2D eigenvalue weighted by Gasteiger charge is -2.34. The van der Waals surface area contributed by atoms with Gasteiger partial charge in [-0.1, -0.05) is 13.3 Å². The number of piperazine rings is 1. The fourth-order valence-corrected chi connectivity index (χ4v) is 3.17. The molecule has 0 spiro atoms. The minimum Gasteiger partial charge on any atom is -0.351 e. The van der Waals surface area contributed by atoms with Crippen molar-refractivity contribution in [3.05, 3.63) is 22.4 Å². The summed E-state index contributed by atoms with van der Waals surface area (Å²) < 4.78 is 0. The van der Waals surface area contributed by atoms with E-state index in [0.717, 1.165) is 51.1 Å². The molecule has 122 valence electrons. The molecule has 0 unspecified atom stereocenters. The second-order valence-electron chi connectivity index (χ2n) is 5.59. The SMILES string of the molecule is CCCCC(=O)N1CCN(CCNC(=O)c2ccsc2)CC1. The van der Waals surface area contributed by atoms with Crippen LogP contribution in [-0.4, -0.2) is 60.9 Å². The van der Waals surface area contributed by atoms with Gasteiger partial charge in [0.2, 0.25) is 5.91 Å². The summed E-state index contributed by atoms with van der Waals surface area (Å²) in [5.74, 6) is 0.280. The van der Waals surface area contributed by atoms with Gasteiger partial charge in [0.25, 0.3) is 5.91 Å². The first-order valence-corrected chi connectivity index (χ1v) is 8.95. The number of nitrogens with one attached hydrogen (secondary N) is 1. The normalized spacial score (nSPS) is 15.8. The van der Waals surface area contributed by atoms with Gasteiger partial charge >= 0.3 is 0 Å². The highest BCUT2D eigenvalue weighted by molar-refractivity contribution is 7.08. The summed E-state index contributed by atoms with van der Waals surface area (Å²) in [6.45, 7) is 7.00. The van der Waals surface area contributed by atoms with Crippen LogP contribution in [0, 0.1) is 0 Å². The van der Waals surface area contributed by atoms with Gasteiger partial charge in [0.15, 0.2) is 0 Å². The van der Waals surface area contributed by atoms with Crippen molar-refractivity contribution in [2.24, 2.45) is 0 Å². The van der Waals surface area contributed by atoms with E-state index in [1.54, 1.807) is 0 Å². The lowest BCUT2D eigenvalue weighted by Crippen LogP contribution is -2.50. The molecule has 0 saturated carbocycles. The first kappa shape index (κ1) is 17.0. The second kappa shape index (κ2) is 8.90. The Morgan fingerprint density at radius 3 is 2.68 bits per heavy atom. The highest BCUT2D eigenvalue weighted by atomic mass is 32.1. The Morgan fingerprint density at radius 1 is 1.27 bits per heavy atom. The molecule has 22 heavy (non-hydrogen) atoms. The summed E-state index contributed by atoms with van der Waals surface area (Å²) in [7, 11) is 0. The number of hydrogen-bond acceptors (Lipinski definition) is 4. The van der Waals surface area contributed by atoms with Gasteiger partial charge in [-0.15, -0.1) is 0 Å². The van der Waals surface area contributed by atoms with E-state index in [-0.39, 0.29) is 11.8 Å². The van der Waals surface area contributed by atoms with E-state index >= 15 is 0 Å². The molecule has 0 aromatic carbocycles. The lowest BCUT2D eigenvalue weighted by molar-refractivity contribution is -0.133. The summed E-state index contributed by atoms with van der Waals surface area (Å²) in [5.41, 5.74) is 0.733. The van der Waals surface area contributed by atoms with Crippen molar-refractivity contribution >= 4 is 23.2 Å². The van der Waals surface area contributed by atoms with Crippen LogP contribution >= 0.6 is 11.3 Å². The first-order chi connectivity index (χ1) is 10.7. The minimum atomic E-state index is -0.00497. The highest BCUT2D eigenvalue weighted by Crippen LogP contribution is 2.07. The Bertz CT molecular complexity index is 468. The fourth-order valence-electron chi connectivity index (χ4n) is 2.53. The maximum absolute atomic E-state index is 11.9. The summed E-state index contributed by atoms with van der Waals surface area (Å²) in [4.78, 5) is 28.0. The maximum Gasteiger partial charge on any atom is 0.252 e. The van der Waals surface area contributed by atoms with E-state index < -0.39 is 0 Å². The topological polar surface area (TPSA) is 52.7 Å². The number of thiophene rings is 1. The molecule has 0 aliphatic carbocycles. The number of carbonyl (C=O) groups is 2. The van der Waals surface area contributed by atoms with Crippen molar-refractivity contribution in [2.75, 3.05) is 39.3 Å². The molecule has 5 nitrogen and oxygen atoms in total. The predicted molar refractivity (Wildman–Crippen MR) is 89.2 cm³/mol. The number of rotatable bonds is 7. The van der Waals surface area contributed by atoms with Crippen molar-refractivity contribution in [1.82, 2.24) is 15.1 Å². The monoisotopic (exact) mass is 323 g/mol. The van der Waals surface area contributed by atoms with Gasteiger partial charge < -0.3 is 10.2 Å². The maximum atomic E-state index is 11.9. The summed E-state index contributed by atoms with van der Waals surface area (Å²) in [5, 5.41) is 6.70. The molecular weight excluding hydrogens is 298 g/mol. The van der Waals surface area contributed by atoms with Gasteiger partial charge in [0.05, 0.1) is 0 Å². The number of hydrogen-bond donors (Lipinski definition) is 1. The van der Waals surface area contributed by atoms with Gasteiger partial charge in [-0.05, 0) is 17.9 Å². The van der Waals surface area contributed by atoms with E-state index in [1.165, 1.54) is 11.3 Å². The minimum absolute atomic E-state index is 0.00497. The van der Waals surface area contributed by atoms with Crippen LogP contribution in [0.4, 0.5) is 0 Å². The molecule has 1 saturated heterocycles. The van der Waals surface area contributed by atoms with Crippen LogP contribution in [0.3, 0.4) is 0 Å². The van der Waals surface area contributed by atoms with Crippen molar-refractivity contribution in [3.63, 3.8) is 0 Å². The lowest BCUT2D eigenvalue weighted by atomic mass is 10.2. The Morgan fingerprint density at radius 2 is 2.05 bits per heavy atom. The Hall–Kier alpha value is -1.40. The molecule has 0 atom stereocenters. The second-order valence-corrected chi connectivity index (χ2v) is 6.37. The molecule has 6 heteroatoms. The van der Waals surface area contributed by atoms with Crippen LogP contribution in [0.1, 0.15) is 36.5 Å². The molecule has 1 fully saturated rings. The van der Waals surface area contributed by atoms with Crippen LogP contribution in [0.5, 0.6) is 0 Å². The number of unbranched alkanes of at least 4 members (excludes halogenated alkanes) is 1. The zero-order chi connectivity index (χ0) is 15.8. The number of amides is 2.